The van der Waals surface area contributed by atoms with Gasteiger partial charge in [0.1, 0.15) is 0 Å². The van der Waals surface area contributed by atoms with Crippen LogP contribution in [-0.2, 0) is 20.7 Å². The highest BCUT2D eigenvalue weighted by molar-refractivity contribution is 5.79. The van der Waals surface area contributed by atoms with Gasteiger partial charge in [-0.05, 0) is 44.1 Å². The monoisotopic (exact) mass is 456 g/mol. The molecule has 2 aliphatic heterocycles. The zero-order valence-electron chi connectivity index (χ0n) is 18.0. The summed E-state index contributed by atoms with van der Waals surface area (Å²) in [7, 11) is 0. The number of carbonyl (C=O) groups is 2. The molecule has 3 fully saturated rings. The Morgan fingerprint density at radius 2 is 1.81 bits per heavy atom. The molecule has 0 bridgehead atoms. The third-order valence-corrected chi connectivity index (χ3v) is 6.54. The lowest BCUT2D eigenvalue weighted by Crippen LogP contribution is -2.55. The second kappa shape index (κ2) is 11.1. The van der Waals surface area contributed by atoms with Gasteiger partial charge in [0.15, 0.2) is 0 Å². The fourth-order valence-corrected chi connectivity index (χ4v) is 4.51. The summed E-state index contributed by atoms with van der Waals surface area (Å²) in [5.41, 5.74) is 1.39. The van der Waals surface area contributed by atoms with Crippen molar-refractivity contribution in [2.24, 2.45) is 11.8 Å². The fraction of sp³-hybridized carbons (Fsp3) is 0.652. The molecule has 0 aromatic heterocycles. The van der Waals surface area contributed by atoms with Gasteiger partial charge in [-0.25, -0.2) is 4.79 Å². The third-order valence-electron chi connectivity index (χ3n) is 6.54. The van der Waals surface area contributed by atoms with Gasteiger partial charge in [-0.15, -0.1) is 0 Å². The molecule has 2 saturated heterocycles. The van der Waals surface area contributed by atoms with Crippen LogP contribution in [0.1, 0.15) is 37.7 Å². The number of amides is 1. The molecule has 3 atom stereocenters. The number of carboxylic acid groups (broad SMARTS) is 1. The second-order valence-electron chi connectivity index (χ2n) is 8.73. The van der Waals surface area contributed by atoms with Crippen molar-refractivity contribution in [2.75, 3.05) is 26.2 Å². The van der Waals surface area contributed by atoms with Crippen LogP contribution in [0.4, 0.5) is 13.2 Å². The number of hydrogen-bond donors (Lipinski definition) is 2. The number of benzene rings is 1. The first-order valence-electron chi connectivity index (χ1n) is 11.2. The number of nitrogens with one attached hydrogen (secondary N) is 1. The molecule has 1 amide bonds. The summed E-state index contributed by atoms with van der Waals surface area (Å²) in [5.74, 6) is -1.97. The van der Waals surface area contributed by atoms with Gasteiger partial charge >= 0.3 is 12.1 Å². The van der Waals surface area contributed by atoms with E-state index in [0.29, 0.717) is 12.0 Å². The van der Waals surface area contributed by atoms with Crippen LogP contribution in [0.5, 0.6) is 0 Å². The van der Waals surface area contributed by atoms with E-state index in [0.717, 1.165) is 58.3 Å². The summed E-state index contributed by atoms with van der Waals surface area (Å²) in [6.45, 7) is 3.91. The molecular formula is C23H31F3N2O4. The minimum atomic E-state index is -5.08. The standard InChI is InChI=1S/C21H30N2O2.C2HF3O2/c24-21(22-17-7-4-8-17)18-11-14-25-20-10-13-23(15-19(18)20)12-9-16-5-2-1-3-6-16;3-2(4,5)1(6)7/h1-3,5-6,17-20H,4,7-15H2,(H,22,24);(H,6,7)/t18-,19+,20-;/m1./s1. The number of ether oxygens (including phenoxy) is 1. The van der Waals surface area contributed by atoms with Gasteiger partial charge in [-0.1, -0.05) is 30.3 Å². The number of aliphatic carboxylic acids is 1. The predicted octanol–water partition coefficient (Wildman–Crippen LogP) is 3.26. The Kier molecular flexibility index (Phi) is 8.53. The molecule has 178 valence electrons. The molecule has 32 heavy (non-hydrogen) atoms. The van der Waals surface area contributed by atoms with Crippen molar-refractivity contribution in [1.29, 1.82) is 0 Å². The minimum absolute atomic E-state index is 0.138. The molecule has 3 aliphatic rings. The Morgan fingerprint density at radius 1 is 1.12 bits per heavy atom. The van der Waals surface area contributed by atoms with Crippen molar-refractivity contribution in [3.05, 3.63) is 35.9 Å². The molecule has 9 heteroatoms. The topological polar surface area (TPSA) is 78.9 Å². The number of piperidine rings is 1. The highest BCUT2D eigenvalue weighted by Crippen LogP contribution is 2.34. The second-order valence-corrected chi connectivity index (χ2v) is 8.73. The number of nitrogens with zero attached hydrogens (tertiary/aromatic N) is 1. The van der Waals surface area contributed by atoms with Crippen LogP contribution >= 0.6 is 0 Å². The van der Waals surface area contributed by atoms with Gasteiger partial charge in [0.05, 0.1) is 6.10 Å². The third kappa shape index (κ3) is 6.93. The van der Waals surface area contributed by atoms with E-state index in [-0.39, 0.29) is 17.9 Å². The van der Waals surface area contributed by atoms with Crippen LogP contribution in [0, 0.1) is 11.8 Å². The van der Waals surface area contributed by atoms with E-state index in [2.05, 4.69) is 40.5 Å². The zero-order valence-corrected chi connectivity index (χ0v) is 18.0. The minimum Gasteiger partial charge on any atom is -0.475 e. The van der Waals surface area contributed by atoms with Crippen LogP contribution in [0.2, 0.25) is 0 Å². The van der Waals surface area contributed by atoms with E-state index in [1.54, 1.807) is 0 Å². The van der Waals surface area contributed by atoms with Gasteiger partial charge in [-0.3, -0.25) is 4.79 Å². The number of rotatable bonds is 5. The molecule has 1 aromatic carbocycles. The predicted molar refractivity (Wildman–Crippen MR) is 112 cm³/mol. The van der Waals surface area contributed by atoms with E-state index in [4.69, 9.17) is 14.6 Å². The summed E-state index contributed by atoms with van der Waals surface area (Å²) in [5, 5.41) is 10.4. The van der Waals surface area contributed by atoms with E-state index in [9.17, 15) is 18.0 Å². The maximum absolute atomic E-state index is 12.8. The smallest absolute Gasteiger partial charge is 0.475 e. The van der Waals surface area contributed by atoms with Gasteiger partial charge in [-0.2, -0.15) is 13.2 Å². The van der Waals surface area contributed by atoms with Crippen LogP contribution < -0.4 is 5.32 Å². The Labute approximate surface area is 186 Å². The van der Waals surface area contributed by atoms with Crippen LogP contribution in [0.15, 0.2) is 30.3 Å². The molecule has 2 heterocycles. The van der Waals surface area contributed by atoms with Gasteiger partial charge in [0.2, 0.25) is 5.91 Å². The maximum Gasteiger partial charge on any atom is 0.490 e. The molecule has 0 unspecified atom stereocenters. The normalized spacial score (nSPS) is 26.2. The van der Waals surface area contributed by atoms with Crippen LogP contribution in [0.25, 0.3) is 0 Å². The van der Waals surface area contributed by atoms with Crippen molar-refractivity contribution in [2.45, 2.75) is 56.8 Å². The first-order chi connectivity index (χ1) is 15.2. The molecule has 2 N–H and O–H groups in total. The van der Waals surface area contributed by atoms with Crippen molar-refractivity contribution < 1.29 is 32.6 Å². The number of alkyl halides is 3. The van der Waals surface area contributed by atoms with Crippen molar-refractivity contribution in [3.63, 3.8) is 0 Å². The summed E-state index contributed by atoms with van der Waals surface area (Å²) >= 11 is 0. The Bertz CT molecular complexity index is 755. The fourth-order valence-electron chi connectivity index (χ4n) is 4.51. The van der Waals surface area contributed by atoms with Gasteiger partial charge in [0, 0.05) is 44.1 Å². The molecule has 6 nitrogen and oxygen atoms in total. The molecule has 1 saturated carbocycles. The zero-order chi connectivity index (χ0) is 23.1. The molecule has 0 radical (unpaired) electrons. The number of fused-ring (bicyclic) bond motifs is 1. The van der Waals surface area contributed by atoms with Crippen molar-refractivity contribution in [3.8, 4) is 0 Å². The average molecular weight is 457 g/mol. The molecular weight excluding hydrogens is 425 g/mol. The molecule has 1 aliphatic carbocycles. The lowest BCUT2D eigenvalue weighted by atomic mass is 9.78. The van der Waals surface area contributed by atoms with Crippen molar-refractivity contribution >= 4 is 11.9 Å². The van der Waals surface area contributed by atoms with Crippen LogP contribution in [0.3, 0.4) is 0 Å². The highest BCUT2D eigenvalue weighted by Gasteiger charge is 2.42. The Hall–Kier alpha value is -2.13. The van der Waals surface area contributed by atoms with E-state index in [1.807, 2.05) is 0 Å². The number of hydrogen-bond acceptors (Lipinski definition) is 4. The first kappa shape index (κ1) is 24.5. The van der Waals surface area contributed by atoms with Gasteiger partial charge in [0.25, 0.3) is 0 Å². The number of carboxylic acids is 1. The SMILES string of the molecule is O=C(NC1CCC1)[C@@H]1CCO[C@@H]2CCN(CCc3ccccc3)C[C@H]21.O=C(O)C(F)(F)F. The largest absolute Gasteiger partial charge is 0.490 e. The lowest BCUT2D eigenvalue weighted by Gasteiger charge is -2.45. The quantitative estimate of drug-likeness (QED) is 0.711. The number of likely N-dealkylation sites (tertiary alicyclic amines) is 1. The van der Waals surface area contributed by atoms with Gasteiger partial charge < -0.3 is 20.1 Å². The van der Waals surface area contributed by atoms with E-state index >= 15 is 0 Å². The lowest BCUT2D eigenvalue weighted by molar-refractivity contribution is -0.192. The highest BCUT2D eigenvalue weighted by atomic mass is 19.4. The summed E-state index contributed by atoms with van der Waals surface area (Å²) in [4.78, 5) is 24.2. The van der Waals surface area contributed by atoms with E-state index in [1.165, 1.54) is 12.0 Å². The molecule has 0 spiro atoms. The summed E-state index contributed by atoms with van der Waals surface area (Å²) < 4.78 is 37.7. The number of halogens is 3. The van der Waals surface area contributed by atoms with E-state index < -0.39 is 12.1 Å². The molecule has 4 rings (SSSR count). The first-order valence-corrected chi connectivity index (χ1v) is 11.2. The van der Waals surface area contributed by atoms with Crippen LogP contribution in [-0.4, -0.2) is 66.4 Å². The average Bonchev–Trinajstić information content (AvgIpc) is 2.74. The summed E-state index contributed by atoms with van der Waals surface area (Å²) in [6.07, 6.45) is 1.80. The Morgan fingerprint density at radius 3 is 2.41 bits per heavy atom. The Balaban J connectivity index is 0.000000360. The maximum atomic E-state index is 12.8. The molecule has 1 aromatic rings. The number of carbonyl (C=O) groups excluding carboxylic acids is 1. The summed E-state index contributed by atoms with van der Waals surface area (Å²) in [6, 6.07) is 11.1. The van der Waals surface area contributed by atoms with Crippen molar-refractivity contribution in [1.82, 2.24) is 10.2 Å².